The summed E-state index contributed by atoms with van der Waals surface area (Å²) in [6.45, 7) is -0.724. The van der Waals surface area contributed by atoms with Crippen molar-refractivity contribution in [2.24, 2.45) is 0 Å². The summed E-state index contributed by atoms with van der Waals surface area (Å²) < 4.78 is 0. The highest BCUT2D eigenvalue weighted by Gasteiger charge is 2.25. The van der Waals surface area contributed by atoms with Crippen LogP contribution in [0.3, 0.4) is 0 Å². The van der Waals surface area contributed by atoms with Gasteiger partial charge in [-0.05, 0) is 0 Å². The number of carboxylic acid groups (broad SMARTS) is 1. The molecule has 6 heteroatoms. The maximum absolute atomic E-state index is 10.0. The van der Waals surface area contributed by atoms with Crippen molar-refractivity contribution in [2.75, 3.05) is 6.61 Å². The molecule has 0 bridgehead atoms. The first-order valence-corrected chi connectivity index (χ1v) is 3.36. The molecule has 0 amide bonds. The van der Waals surface area contributed by atoms with E-state index < -0.39 is 37.3 Å². The number of aliphatic carboxylic acids is 1. The smallest absolute Gasteiger partial charge is 0.306 e. The van der Waals surface area contributed by atoms with Crippen molar-refractivity contribution in [3.8, 4) is 0 Å². The van der Waals surface area contributed by atoms with Gasteiger partial charge in [0.1, 0.15) is 12.2 Å². The van der Waals surface area contributed by atoms with Gasteiger partial charge < -0.3 is 25.5 Å². The van der Waals surface area contributed by atoms with E-state index in [9.17, 15) is 4.79 Å². The minimum atomic E-state index is -1.63. The van der Waals surface area contributed by atoms with E-state index in [2.05, 4.69) is 0 Å². The van der Waals surface area contributed by atoms with E-state index in [0.29, 0.717) is 0 Å². The lowest BCUT2D eigenvalue weighted by molar-refractivity contribution is -0.143. The van der Waals surface area contributed by atoms with Gasteiger partial charge in [-0.1, -0.05) is 0 Å². The number of aliphatic hydroxyl groups is 4. The van der Waals surface area contributed by atoms with Crippen LogP contribution in [-0.4, -0.2) is 56.4 Å². The Morgan fingerprint density at radius 1 is 1.17 bits per heavy atom. The number of carbonyl (C=O) groups is 1. The zero-order valence-electron chi connectivity index (χ0n) is 6.29. The summed E-state index contributed by atoms with van der Waals surface area (Å²) in [5.74, 6) is -1.29. The van der Waals surface area contributed by atoms with Gasteiger partial charge in [-0.3, -0.25) is 4.79 Å². The predicted molar refractivity (Wildman–Crippen MR) is 37.4 cm³/mol. The first-order chi connectivity index (χ1) is 5.49. The molecule has 3 atom stereocenters. The normalized spacial score (nSPS) is 18.3. The molecule has 0 aliphatic carbocycles. The maximum Gasteiger partial charge on any atom is 0.306 e. The summed E-state index contributed by atoms with van der Waals surface area (Å²) in [6, 6.07) is 0. The van der Waals surface area contributed by atoms with Gasteiger partial charge in [0.25, 0.3) is 0 Å². The number of rotatable bonds is 5. The van der Waals surface area contributed by atoms with Crippen LogP contribution in [0.5, 0.6) is 0 Å². The average molecular weight is 180 g/mol. The Kier molecular flexibility index (Phi) is 4.75. The zero-order chi connectivity index (χ0) is 9.72. The Labute approximate surface area is 68.7 Å². The summed E-state index contributed by atoms with van der Waals surface area (Å²) in [6.07, 6.45) is -5.38. The third-order valence-corrected chi connectivity index (χ3v) is 1.36. The third-order valence-electron chi connectivity index (χ3n) is 1.36. The van der Waals surface area contributed by atoms with Crippen molar-refractivity contribution in [3.05, 3.63) is 0 Å². The molecule has 0 radical (unpaired) electrons. The highest BCUT2D eigenvalue weighted by atomic mass is 16.4. The van der Waals surface area contributed by atoms with Gasteiger partial charge in [0.05, 0.1) is 19.1 Å². The van der Waals surface area contributed by atoms with Crippen LogP contribution >= 0.6 is 0 Å². The Morgan fingerprint density at radius 2 is 1.67 bits per heavy atom. The lowest BCUT2D eigenvalue weighted by atomic mass is 10.1. The van der Waals surface area contributed by atoms with E-state index in [1.165, 1.54) is 0 Å². The number of carboxylic acids is 1. The molecule has 0 saturated heterocycles. The molecule has 12 heavy (non-hydrogen) atoms. The van der Waals surface area contributed by atoms with E-state index in [1.54, 1.807) is 0 Å². The molecule has 0 spiro atoms. The van der Waals surface area contributed by atoms with Crippen LogP contribution in [0.25, 0.3) is 0 Å². The monoisotopic (exact) mass is 180 g/mol. The van der Waals surface area contributed by atoms with Crippen molar-refractivity contribution in [3.63, 3.8) is 0 Å². The summed E-state index contributed by atoms with van der Waals surface area (Å²) in [7, 11) is 0. The molecule has 0 heterocycles. The standard InChI is InChI=1S/C6H12O6/c7-2-4(9)6(12)3(8)1-5(10)11/h3-4,6-9,12H,1-2H2,(H,10,11)/t3-,4-,6-/m0/s1. The third kappa shape index (κ3) is 3.63. The maximum atomic E-state index is 10.0. The highest BCUT2D eigenvalue weighted by molar-refractivity contribution is 5.67. The van der Waals surface area contributed by atoms with E-state index in [4.69, 9.17) is 25.5 Å². The van der Waals surface area contributed by atoms with Gasteiger partial charge in [-0.15, -0.1) is 0 Å². The molecule has 0 saturated carbocycles. The zero-order valence-corrected chi connectivity index (χ0v) is 6.29. The molecule has 72 valence electrons. The van der Waals surface area contributed by atoms with E-state index in [1.807, 2.05) is 0 Å². The Hall–Kier alpha value is -0.690. The average Bonchev–Trinajstić information content (AvgIpc) is 2.00. The topological polar surface area (TPSA) is 118 Å². The Morgan fingerprint density at radius 3 is 2.00 bits per heavy atom. The molecule has 0 aromatic heterocycles. The van der Waals surface area contributed by atoms with Gasteiger partial charge in [-0.25, -0.2) is 0 Å². The van der Waals surface area contributed by atoms with Gasteiger partial charge >= 0.3 is 5.97 Å². The lowest BCUT2D eigenvalue weighted by Gasteiger charge is -2.19. The van der Waals surface area contributed by atoms with Crippen LogP contribution in [0.4, 0.5) is 0 Å². The minimum Gasteiger partial charge on any atom is -0.481 e. The second kappa shape index (κ2) is 5.04. The van der Waals surface area contributed by atoms with Crippen LogP contribution in [0.15, 0.2) is 0 Å². The van der Waals surface area contributed by atoms with Crippen LogP contribution in [-0.2, 0) is 4.79 Å². The molecule has 0 unspecified atom stereocenters. The van der Waals surface area contributed by atoms with Crippen molar-refractivity contribution in [1.82, 2.24) is 0 Å². The fourth-order valence-electron chi connectivity index (χ4n) is 0.664. The van der Waals surface area contributed by atoms with Gasteiger partial charge in [0.15, 0.2) is 0 Å². The fraction of sp³-hybridized carbons (Fsp3) is 0.833. The molecule has 0 rings (SSSR count). The summed E-state index contributed by atoms with van der Waals surface area (Å²) >= 11 is 0. The predicted octanol–water partition coefficient (Wildman–Crippen LogP) is -2.46. The number of aliphatic hydroxyl groups excluding tert-OH is 4. The quantitative estimate of drug-likeness (QED) is 0.320. The van der Waals surface area contributed by atoms with E-state index in [-0.39, 0.29) is 0 Å². The van der Waals surface area contributed by atoms with Crippen LogP contribution in [0.2, 0.25) is 0 Å². The molecule has 0 aliphatic heterocycles. The van der Waals surface area contributed by atoms with Crippen LogP contribution < -0.4 is 0 Å². The van der Waals surface area contributed by atoms with Crippen LogP contribution in [0, 0.1) is 0 Å². The molecular formula is C6H12O6. The van der Waals surface area contributed by atoms with Crippen molar-refractivity contribution < 1.29 is 30.3 Å². The minimum absolute atomic E-state index is 0.668. The summed E-state index contributed by atoms with van der Waals surface area (Å²) in [5, 5.41) is 43.0. The van der Waals surface area contributed by atoms with Crippen molar-refractivity contribution in [1.29, 1.82) is 0 Å². The SMILES string of the molecule is O=C(O)C[C@H](O)[C@H](O)[C@@H](O)CO. The molecule has 0 aromatic rings. The van der Waals surface area contributed by atoms with E-state index in [0.717, 1.165) is 0 Å². The summed E-state index contributed by atoms with van der Waals surface area (Å²) in [4.78, 5) is 10.0. The molecule has 0 aliphatic rings. The first kappa shape index (κ1) is 11.3. The fourth-order valence-corrected chi connectivity index (χ4v) is 0.664. The van der Waals surface area contributed by atoms with Gasteiger partial charge in [0, 0.05) is 0 Å². The molecule has 5 N–H and O–H groups in total. The molecule has 6 nitrogen and oxygen atoms in total. The van der Waals surface area contributed by atoms with E-state index >= 15 is 0 Å². The lowest BCUT2D eigenvalue weighted by Crippen LogP contribution is -2.40. The highest BCUT2D eigenvalue weighted by Crippen LogP contribution is 2.03. The Bertz CT molecular complexity index is 147. The van der Waals surface area contributed by atoms with Gasteiger partial charge in [0.2, 0.25) is 0 Å². The largest absolute Gasteiger partial charge is 0.481 e. The second-order valence-corrected chi connectivity index (χ2v) is 2.41. The summed E-state index contributed by atoms with van der Waals surface area (Å²) in [5.41, 5.74) is 0. The van der Waals surface area contributed by atoms with Crippen molar-refractivity contribution >= 4 is 5.97 Å². The molecule has 0 fully saturated rings. The van der Waals surface area contributed by atoms with Crippen LogP contribution in [0.1, 0.15) is 6.42 Å². The second-order valence-electron chi connectivity index (χ2n) is 2.41. The molecular weight excluding hydrogens is 168 g/mol. The number of hydrogen-bond donors (Lipinski definition) is 5. The first-order valence-electron chi connectivity index (χ1n) is 3.36. The van der Waals surface area contributed by atoms with Crippen molar-refractivity contribution in [2.45, 2.75) is 24.7 Å². The number of hydrogen-bond acceptors (Lipinski definition) is 5. The Balaban J connectivity index is 3.91. The molecule has 0 aromatic carbocycles. The van der Waals surface area contributed by atoms with Gasteiger partial charge in [-0.2, -0.15) is 0 Å².